The molecule has 0 spiro atoms. The molecule has 0 aromatic rings. The molecule has 1 aliphatic heterocycles. The molecule has 0 saturated carbocycles. The largest absolute Gasteiger partial charge is 0.355 e. The van der Waals surface area contributed by atoms with Gasteiger partial charge in [-0.1, -0.05) is 0 Å². The van der Waals surface area contributed by atoms with Gasteiger partial charge in [0.2, 0.25) is 5.91 Å². The SMILES string of the molecule is NCCCCNC(=O)CN1CCNCC1. The van der Waals surface area contributed by atoms with Crippen LogP contribution in [0, 0.1) is 0 Å². The van der Waals surface area contributed by atoms with E-state index in [1.807, 2.05) is 0 Å². The molecule has 88 valence electrons. The Labute approximate surface area is 91.4 Å². The molecule has 1 heterocycles. The zero-order valence-corrected chi connectivity index (χ0v) is 9.30. The molecule has 0 radical (unpaired) electrons. The van der Waals surface area contributed by atoms with Crippen LogP contribution in [0.25, 0.3) is 0 Å². The number of carbonyl (C=O) groups excluding carboxylic acids is 1. The number of piperazine rings is 1. The van der Waals surface area contributed by atoms with Gasteiger partial charge in [-0.05, 0) is 19.4 Å². The molecule has 1 rings (SSSR count). The van der Waals surface area contributed by atoms with Crippen LogP contribution >= 0.6 is 0 Å². The van der Waals surface area contributed by atoms with Gasteiger partial charge in [-0.15, -0.1) is 0 Å². The summed E-state index contributed by atoms with van der Waals surface area (Å²) < 4.78 is 0. The van der Waals surface area contributed by atoms with Crippen LogP contribution < -0.4 is 16.4 Å². The maximum atomic E-state index is 11.5. The number of amides is 1. The fourth-order valence-electron chi connectivity index (χ4n) is 1.63. The van der Waals surface area contributed by atoms with Gasteiger partial charge in [0, 0.05) is 32.7 Å². The standard InChI is InChI=1S/C10H22N4O/c11-3-1-2-4-13-10(15)9-14-7-5-12-6-8-14/h12H,1-9,11H2,(H,13,15). The van der Waals surface area contributed by atoms with Crippen LogP contribution in [-0.4, -0.2) is 56.6 Å². The number of hydrogen-bond donors (Lipinski definition) is 3. The van der Waals surface area contributed by atoms with Gasteiger partial charge in [0.1, 0.15) is 0 Å². The molecule has 0 bridgehead atoms. The first-order valence-electron chi connectivity index (χ1n) is 5.73. The number of nitrogens with one attached hydrogen (secondary N) is 2. The van der Waals surface area contributed by atoms with Crippen LogP contribution in [0.4, 0.5) is 0 Å². The molecule has 15 heavy (non-hydrogen) atoms. The number of nitrogens with zero attached hydrogens (tertiary/aromatic N) is 1. The molecule has 0 aromatic carbocycles. The topological polar surface area (TPSA) is 70.4 Å². The highest BCUT2D eigenvalue weighted by molar-refractivity contribution is 5.77. The Morgan fingerprint density at radius 3 is 2.73 bits per heavy atom. The summed E-state index contributed by atoms with van der Waals surface area (Å²) in [5.74, 6) is 0.133. The van der Waals surface area contributed by atoms with Gasteiger partial charge in [-0.2, -0.15) is 0 Å². The number of unbranched alkanes of at least 4 members (excludes halogenated alkanes) is 1. The molecule has 4 N–H and O–H groups in total. The summed E-state index contributed by atoms with van der Waals surface area (Å²) in [6.07, 6.45) is 1.96. The van der Waals surface area contributed by atoms with Crippen molar-refractivity contribution < 1.29 is 4.79 Å². The van der Waals surface area contributed by atoms with Gasteiger partial charge in [0.25, 0.3) is 0 Å². The fourth-order valence-corrected chi connectivity index (χ4v) is 1.63. The van der Waals surface area contributed by atoms with Gasteiger partial charge in [0.05, 0.1) is 6.54 Å². The summed E-state index contributed by atoms with van der Waals surface area (Å²) in [6.45, 7) is 5.90. The van der Waals surface area contributed by atoms with Gasteiger partial charge in [-0.25, -0.2) is 0 Å². The Morgan fingerprint density at radius 2 is 2.07 bits per heavy atom. The van der Waals surface area contributed by atoms with Gasteiger partial charge >= 0.3 is 0 Å². The van der Waals surface area contributed by atoms with Crippen molar-refractivity contribution in [2.24, 2.45) is 5.73 Å². The number of carbonyl (C=O) groups is 1. The van der Waals surface area contributed by atoms with Crippen LogP contribution in [-0.2, 0) is 4.79 Å². The molecule has 0 unspecified atom stereocenters. The highest BCUT2D eigenvalue weighted by Gasteiger charge is 2.12. The van der Waals surface area contributed by atoms with Crippen molar-refractivity contribution in [3.8, 4) is 0 Å². The molecule has 1 aliphatic rings. The minimum Gasteiger partial charge on any atom is -0.355 e. The van der Waals surface area contributed by atoms with E-state index >= 15 is 0 Å². The molecular weight excluding hydrogens is 192 g/mol. The zero-order chi connectivity index (χ0) is 10.9. The number of hydrogen-bond acceptors (Lipinski definition) is 4. The van der Waals surface area contributed by atoms with Crippen LogP contribution in [0.15, 0.2) is 0 Å². The van der Waals surface area contributed by atoms with E-state index in [1.165, 1.54) is 0 Å². The number of nitrogens with two attached hydrogens (primary N) is 1. The lowest BCUT2D eigenvalue weighted by Crippen LogP contribution is -2.47. The van der Waals surface area contributed by atoms with E-state index in [9.17, 15) is 4.79 Å². The van der Waals surface area contributed by atoms with Crippen molar-refractivity contribution in [3.05, 3.63) is 0 Å². The van der Waals surface area contributed by atoms with E-state index in [1.54, 1.807) is 0 Å². The highest BCUT2D eigenvalue weighted by atomic mass is 16.2. The second-order valence-electron chi connectivity index (χ2n) is 3.87. The summed E-state index contributed by atoms with van der Waals surface area (Å²) in [7, 11) is 0. The molecule has 0 aliphatic carbocycles. The van der Waals surface area contributed by atoms with Crippen molar-refractivity contribution >= 4 is 5.91 Å². The quantitative estimate of drug-likeness (QED) is 0.483. The van der Waals surface area contributed by atoms with Crippen LogP contribution in [0.1, 0.15) is 12.8 Å². The molecule has 0 aromatic heterocycles. The highest BCUT2D eigenvalue weighted by Crippen LogP contribution is 1.91. The van der Waals surface area contributed by atoms with E-state index in [0.29, 0.717) is 13.1 Å². The third-order valence-electron chi connectivity index (χ3n) is 2.53. The minimum atomic E-state index is 0.133. The minimum absolute atomic E-state index is 0.133. The second kappa shape index (κ2) is 7.62. The maximum Gasteiger partial charge on any atom is 0.234 e. The molecule has 0 atom stereocenters. The zero-order valence-electron chi connectivity index (χ0n) is 9.30. The average Bonchev–Trinajstić information content (AvgIpc) is 2.26. The van der Waals surface area contributed by atoms with Gasteiger partial charge in [0.15, 0.2) is 0 Å². The van der Waals surface area contributed by atoms with E-state index in [2.05, 4.69) is 15.5 Å². The van der Waals surface area contributed by atoms with Gasteiger partial charge < -0.3 is 16.4 Å². The van der Waals surface area contributed by atoms with Crippen molar-refractivity contribution in [2.75, 3.05) is 45.8 Å². The third kappa shape index (κ3) is 5.71. The number of rotatable bonds is 6. The summed E-state index contributed by atoms with van der Waals surface area (Å²) in [5, 5.41) is 6.17. The Bertz CT molecular complexity index is 180. The van der Waals surface area contributed by atoms with E-state index < -0.39 is 0 Å². The maximum absolute atomic E-state index is 11.5. The molecule has 5 nitrogen and oxygen atoms in total. The molecule has 5 heteroatoms. The van der Waals surface area contributed by atoms with Crippen LogP contribution in [0.3, 0.4) is 0 Å². The summed E-state index contributed by atoms with van der Waals surface area (Å²) in [6, 6.07) is 0. The third-order valence-corrected chi connectivity index (χ3v) is 2.53. The van der Waals surface area contributed by atoms with Crippen molar-refractivity contribution in [2.45, 2.75) is 12.8 Å². The lowest BCUT2D eigenvalue weighted by Gasteiger charge is -2.26. The van der Waals surface area contributed by atoms with Crippen molar-refractivity contribution in [1.29, 1.82) is 0 Å². The van der Waals surface area contributed by atoms with Crippen molar-refractivity contribution in [3.63, 3.8) is 0 Å². The predicted octanol–water partition coefficient (Wildman–Crippen LogP) is -1.25. The van der Waals surface area contributed by atoms with Gasteiger partial charge in [-0.3, -0.25) is 9.69 Å². The second-order valence-corrected chi connectivity index (χ2v) is 3.87. The first-order valence-corrected chi connectivity index (χ1v) is 5.73. The molecule has 1 fully saturated rings. The average molecular weight is 214 g/mol. The first kappa shape index (κ1) is 12.4. The summed E-state index contributed by atoms with van der Waals surface area (Å²) in [4.78, 5) is 13.6. The van der Waals surface area contributed by atoms with E-state index in [-0.39, 0.29) is 5.91 Å². The Morgan fingerprint density at radius 1 is 1.33 bits per heavy atom. The monoisotopic (exact) mass is 214 g/mol. The molecule has 1 saturated heterocycles. The van der Waals surface area contributed by atoms with E-state index in [4.69, 9.17) is 5.73 Å². The lowest BCUT2D eigenvalue weighted by molar-refractivity contribution is -0.122. The van der Waals surface area contributed by atoms with Crippen LogP contribution in [0.2, 0.25) is 0 Å². The normalized spacial score (nSPS) is 17.7. The molecular formula is C10H22N4O. The molecule has 1 amide bonds. The van der Waals surface area contributed by atoms with E-state index in [0.717, 1.165) is 45.6 Å². The van der Waals surface area contributed by atoms with Crippen LogP contribution in [0.5, 0.6) is 0 Å². The predicted molar refractivity (Wildman–Crippen MR) is 60.6 cm³/mol. The Kier molecular flexibility index (Phi) is 6.31. The van der Waals surface area contributed by atoms with Crippen molar-refractivity contribution in [1.82, 2.24) is 15.5 Å². The summed E-state index contributed by atoms with van der Waals surface area (Å²) >= 11 is 0. The summed E-state index contributed by atoms with van der Waals surface area (Å²) in [5.41, 5.74) is 5.37. The first-order chi connectivity index (χ1) is 7.33. The Hall–Kier alpha value is -0.650. The fraction of sp³-hybridized carbons (Fsp3) is 0.900. The lowest BCUT2D eigenvalue weighted by atomic mass is 10.3. The smallest absolute Gasteiger partial charge is 0.234 e. The Balaban J connectivity index is 2.01.